The highest BCUT2D eigenvalue weighted by Gasteiger charge is 2.26. The average Bonchev–Trinajstić information content (AvgIpc) is 3.15. The third-order valence-corrected chi connectivity index (χ3v) is 5.05. The topological polar surface area (TPSA) is 62.5 Å². The van der Waals surface area contributed by atoms with Gasteiger partial charge in [0.2, 0.25) is 5.91 Å². The van der Waals surface area contributed by atoms with Crippen LogP contribution < -0.4 is 10.2 Å². The number of aromatic nitrogens is 3. The molecule has 1 aromatic carbocycles. The predicted octanol–water partition coefficient (Wildman–Crippen LogP) is 2.92. The van der Waals surface area contributed by atoms with Crippen molar-refractivity contribution < 1.29 is 4.79 Å². The molecule has 1 N–H and O–H groups in total. The third kappa shape index (κ3) is 3.51. The van der Waals surface area contributed by atoms with Crippen molar-refractivity contribution in [2.45, 2.75) is 19.4 Å². The first kappa shape index (κ1) is 16.8. The molecule has 0 spiro atoms. The number of carbonyl (C=O) groups excluding carboxylic acids is 1. The Balaban J connectivity index is 1.34. The summed E-state index contributed by atoms with van der Waals surface area (Å²) in [5, 5.41) is 8.06. The van der Waals surface area contributed by atoms with Crippen LogP contribution in [0.5, 0.6) is 0 Å². The zero-order valence-electron chi connectivity index (χ0n) is 14.3. The van der Waals surface area contributed by atoms with Crippen molar-refractivity contribution in [3.05, 3.63) is 59.4 Å². The highest BCUT2D eigenvalue weighted by atomic mass is 35.5. The molecule has 0 atom stereocenters. The minimum atomic E-state index is 0.0420. The van der Waals surface area contributed by atoms with E-state index < -0.39 is 0 Å². The van der Waals surface area contributed by atoms with Crippen LogP contribution >= 0.6 is 11.6 Å². The van der Waals surface area contributed by atoms with Gasteiger partial charge >= 0.3 is 0 Å². The van der Waals surface area contributed by atoms with Gasteiger partial charge < -0.3 is 10.2 Å². The summed E-state index contributed by atoms with van der Waals surface area (Å²) in [6, 6.07) is 11.4. The Kier molecular flexibility index (Phi) is 4.75. The number of benzene rings is 1. The van der Waals surface area contributed by atoms with Gasteiger partial charge in [0.25, 0.3) is 0 Å². The number of rotatable bonds is 4. The summed E-state index contributed by atoms with van der Waals surface area (Å²) in [7, 11) is 0. The maximum atomic E-state index is 12.5. The van der Waals surface area contributed by atoms with Gasteiger partial charge in [0, 0.05) is 42.8 Å². The van der Waals surface area contributed by atoms with Crippen molar-refractivity contribution in [1.82, 2.24) is 19.9 Å². The number of halogens is 1. The van der Waals surface area contributed by atoms with Crippen LogP contribution in [0.1, 0.15) is 18.4 Å². The van der Waals surface area contributed by atoms with Crippen molar-refractivity contribution in [3.8, 4) is 0 Å². The number of amides is 1. The van der Waals surface area contributed by atoms with Crippen LogP contribution in [0, 0.1) is 5.92 Å². The number of carbonyl (C=O) groups is 1. The van der Waals surface area contributed by atoms with Gasteiger partial charge in [-0.2, -0.15) is 9.61 Å². The van der Waals surface area contributed by atoms with Gasteiger partial charge in [-0.05, 0) is 36.6 Å². The summed E-state index contributed by atoms with van der Waals surface area (Å²) in [5.41, 5.74) is 1.85. The molecule has 26 heavy (non-hydrogen) atoms. The van der Waals surface area contributed by atoms with Crippen LogP contribution in [0.3, 0.4) is 0 Å². The number of piperidine rings is 1. The number of hydrogen-bond acceptors (Lipinski definition) is 4. The highest BCUT2D eigenvalue weighted by Crippen LogP contribution is 2.23. The lowest BCUT2D eigenvalue weighted by atomic mass is 9.96. The van der Waals surface area contributed by atoms with E-state index in [1.165, 1.54) is 0 Å². The Morgan fingerprint density at radius 2 is 2.04 bits per heavy atom. The molecule has 4 rings (SSSR count). The van der Waals surface area contributed by atoms with Crippen LogP contribution in [0.25, 0.3) is 5.65 Å². The quantitative estimate of drug-likeness (QED) is 0.768. The minimum absolute atomic E-state index is 0.0420. The molecule has 1 amide bonds. The molecule has 1 aliphatic heterocycles. The summed E-state index contributed by atoms with van der Waals surface area (Å²) in [6.07, 6.45) is 5.21. The van der Waals surface area contributed by atoms with Crippen molar-refractivity contribution in [2.75, 3.05) is 18.0 Å². The van der Waals surface area contributed by atoms with Gasteiger partial charge in [0.15, 0.2) is 5.65 Å². The number of fused-ring (bicyclic) bond motifs is 1. The molecule has 0 bridgehead atoms. The fourth-order valence-electron chi connectivity index (χ4n) is 3.41. The van der Waals surface area contributed by atoms with Gasteiger partial charge in [0.1, 0.15) is 5.82 Å². The number of nitrogens with one attached hydrogen (secondary N) is 1. The van der Waals surface area contributed by atoms with Crippen molar-refractivity contribution in [2.24, 2.45) is 5.92 Å². The Morgan fingerprint density at radius 1 is 1.19 bits per heavy atom. The van der Waals surface area contributed by atoms with Crippen molar-refractivity contribution in [3.63, 3.8) is 0 Å². The first-order valence-electron chi connectivity index (χ1n) is 8.76. The van der Waals surface area contributed by atoms with Gasteiger partial charge in [-0.25, -0.2) is 4.98 Å². The summed E-state index contributed by atoms with van der Waals surface area (Å²) in [6.45, 7) is 2.17. The molecule has 0 aliphatic carbocycles. The summed E-state index contributed by atoms with van der Waals surface area (Å²) >= 11 is 5.99. The van der Waals surface area contributed by atoms with Crippen LogP contribution in [-0.2, 0) is 11.3 Å². The van der Waals surface area contributed by atoms with Gasteiger partial charge in [0.05, 0.1) is 6.20 Å². The molecule has 7 heteroatoms. The molecule has 134 valence electrons. The molecule has 0 radical (unpaired) electrons. The smallest absolute Gasteiger partial charge is 0.223 e. The first-order chi connectivity index (χ1) is 12.7. The molecule has 1 saturated heterocycles. The van der Waals surface area contributed by atoms with E-state index >= 15 is 0 Å². The van der Waals surface area contributed by atoms with E-state index in [0.717, 1.165) is 43.0 Å². The standard InChI is InChI=1S/C19H20ClN5O/c20-16-3-1-2-14(12-16)13-22-19(26)15-6-10-24(11-7-15)18-5-8-21-17-4-9-23-25(17)18/h1-5,8-9,12,15H,6-7,10-11,13H2,(H,22,26). The first-order valence-corrected chi connectivity index (χ1v) is 9.14. The summed E-state index contributed by atoms with van der Waals surface area (Å²) in [4.78, 5) is 19.0. The molecule has 3 heterocycles. The maximum Gasteiger partial charge on any atom is 0.223 e. The predicted molar refractivity (Wildman–Crippen MR) is 101 cm³/mol. The number of anilines is 1. The minimum Gasteiger partial charge on any atom is -0.356 e. The molecular weight excluding hydrogens is 350 g/mol. The van der Waals surface area contributed by atoms with Gasteiger partial charge in [-0.15, -0.1) is 0 Å². The van der Waals surface area contributed by atoms with Crippen LogP contribution in [-0.4, -0.2) is 33.6 Å². The fourth-order valence-corrected chi connectivity index (χ4v) is 3.63. The molecule has 6 nitrogen and oxygen atoms in total. The Labute approximate surface area is 156 Å². The van der Waals surface area contributed by atoms with Crippen LogP contribution in [0.15, 0.2) is 48.8 Å². The molecule has 1 fully saturated rings. The zero-order chi connectivity index (χ0) is 17.9. The van der Waals surface area contributed by atoms with E-state index in [0.29, 0.717) is 11.6 Å². The second kappa shape index (κ2) is 7.33. The lowest BCUT2D eigenvalue weighted by molar-refractivity contribution is -0.125. The van der Waals surface area contributed by atoms with Crippen molar-refractivity contribution in [1.29, 1.82) is 0 Å². The zero-order valence-corrected chi connectivity index (χ0v) is 15.1. The van der Waals surface area contributed by atoms with Gasteiger partial charge in [-0.3, -0.25) is 4.79 Å². The van der Waals surface area contributed by atoms with Crippen molar-refractivity contribution >= 4 is 29.0 Å². The lowest BCUT2D eigenvalue weighted by Crippen LogP contribution is -2.41. The van der Waals surface area contributed by atoms with E-state index in [1.807, 2.05) is 40.9 Å². The van der Waals surface area contributed by atoms with E-state index in [1.54, 1.807) is 12.4 Å². The fraction of sp³-hybridized carbons (Fsp3) is 0.316. The molecule has 3 aromatic rings. The molecule has 0 saturated carbocycles. The second-order valence-electron chi connectivity index (χ2n) is 6.51. The molecular formula is C19H20ClN5O. The van der Waals surface area contributed by atoms with E-state index in [-0.39, 0.29) is 11.8 Å². The second-order valence-corrected chi connectivity index (χ2v) is 6.95. The van der Waals surface area contributed by atoms with Crippen LogP contribution in [0.2, 0.25) is 5.02 Å². The average molecular weight is 370 g/mol. The third-order valence-electron chi connectivity index (χ3n) is 4.82. The van der Waals surface area contributed by atoms with E-state index in [2.05, 4.69) is 20.3 Å². The molecule has 2 aromatic heterocycles. The van der Waals surface area contributed by atoms with Crippen LogP contribution in [0.4, 0.5) is 5.82 Å². The maximum absolute atomic E-state index is 12.5. The number of nitrogens with zero attached hydrogens (tertiary/aromatic N) is 4. The van der Waals surface area contributed by atoms with E-state index in [9.17, 15) is 4.79 Å². The molecule has 1 aliphatic rings. The SMILES string of the molecule is O=C(NCc1cccc(Cl)c1)C1CCN(c2ccnc3ccnn23)CC1. The highest BCUT2D eigenvalue weighted by molar-refractivity contribution is 6.30. The number of hydrogen-bond donors (Lipinski definition) is 1. The normalized spacial score (nSPS) is 15.3. The van der Waals surface area contributed by atoms with E-state index in [4.69, 9.17) is 11.6 Å². The Hall–Kier alpha value is -2.60. The Bertz CT molecular complexity index is 917. The van der Waals surface area contributed by atoms with Gasteiger partial charge in [-0.1, -0.05) is 23.7 Å². The largest absolute Gasteiger partial charge is 0.356 e. The molecule has 0 unspecified atom stereocenters. The Morgan fingerprint density at radius 3 is 2.85 bits per heavy atom. The summed E-state index contributed by atoms with van der Waals surface area (Å²) < 4.78 is 1.85. The summed E-state index contributed by atoms with van der Waals surface area (Å²) in [5.74, 6) is 1.18. The monoisotopic (exact) mass is 369 g/mol. The lowest BCUT2D eigenvalue weighted by Gasteiger charge is -2.32.